The van der Waals surface area contributed by atoms with E-state index in [4.69, 9.17) is 16.4 Å². The minimum absolute atomic E-state index is 0.245. The standard InChI is InChI=1S/C25H21ClN2O3/c1-15-7-6-8-16(2)21(15)27-24(29)20-22(17-11-13-18(26)14-12-17)28(31-23(20)25(27)30)19-9-4-3-5-10-19/h3-14,20,22-23H,1-2H3/t20-,22+,23+/m1/s1. The maximum atomic E-state index is 13.7. The van der Waals surface area contributed by atoms with Crippen LogP contribution in [0.3, 0.4) is 0 Å². The number of fused-ring (bicyclic) bond motifs is 1. The molecule has 31 heavy (non-hydrogen) atoms. The Kier molecular flexibility index (Phi) is 4.80. The smallest absolute Gasteiger partial charge is 0.266 e. The Morgan fingerprint density at radius 1 is 0.806 bits per heavy atom. The van der Waals surface area contributed by atoms with Crippen molar-refractivity contribution in [2.45, 2.75) is 26.0 Å². The van der Waals surface area contributed by atoms with E-state index < -0.39 is 18.1 Å². The van der Waals surface area contributed by atoms with Crippen molar-refractivity contribution < 1.29 is 14.4 Å². The van der Waals surface area contributed by atoms with Crippen LogP contribution in [0.2, 0.25) is 5.02 Å². The molecule has 6 heteroatoms. The van der Waals surface area contributed by atoms with Crippen LogP contribution in [0.4, 0.5) is 11.4 Å². The number of benzene rings is 3. The second kappa shape index (κ2) is 7.52. The van der Waals surface area contributed by atoms with Gasteiger partial charge >= 0.3 is 0 Å². The van der Waals surface area contributed by atoms with Gasteiger partial charge in [-0.05, 0) is 54.8 Å². The molecule has 2 amide bonds. The summed E-state index contributed by atoms with van der Waals surface area (Å²) in [5.74, 6) is -1.23. The van der Waals surface area contributed by atoms with Gasteiger partial charge in [0.15, 0.2) is 6.10 Å². The molecule has 156 valence electrons. The fourth-order valence-corrected chi connectivity index (χ4v) is 4.72. The molecule has 2 aliphatic rings. The first-order valence-corrected chi connectivity index (χ1v) is 10.6. The molecule has 0 aliphatic carbocycles. The summed E-state index contributed by atoms with van der Waals surface area (Å²) in [4.78, 5) is 34.6. The van der Waals surface area contributed by atoms with Crippen LogP contribution < -0.4 is 9.96 Å². The third-order valence-electron chi connectivity index (χ3n) is 6.00. The van der Waals surface area contributed by atoms with E-state index in [2.05, 4.69) is 0 Å². The van der Waals surface area contributed by atoms with Crippen LogP contribution in [0.15, 0.2) is 72.8 Å². The van der Waals surface area contributed by atoms with Crippen molar-refractivity contribution >= 4 is 34.8 Å². The van der Waals surface area contributed by atoms with Gasteiger partial charge in [0.05, 0.1) is 17.4 Å². The molecule has 0 radical (unpaired) electrons. The van der Waals surface area contributed by atoms with Crippen LogP contribution in [0.25, 0.3) is 0 Å². The van der Waals surface area contributed by atoms with Crippen LogP contribution >= 0.6 is 11.6 Å². The molecule has 3 atom stereocenters. The Hall–Kier alpha value is -3.15. The highest BCUT2D eigenvalue weighted by Gasteiger charge is 2.60. The molecule has 2 saturated heterocycles. The van der Waals surface area contributed by atoms with Gasteiger partial charge in [0.25, 0.3) is 5.91 Å². The van der Waals surface area contributed by atoms with E-state index >= 15 is 0 Å². The van der Waals surface area contributed by atoms with E-state index in [1.165, 1.54) is 4.90 Å². The predicted octanol–water partition coefficient (Wildman–Crippen LogP) is 5.01. The Labute approximate surface area is 185 Å². The quantitative estimate of drug-likeness (QED) is 0.546. The lowest BCUT2D eigenvalue weighted by molar-refractivity contribution is -0.126. The topological polar surface area (TPSA) is 49.9 Å². The van der Waals surface area contributed by atoms with Crippen LogP contribution in [-0.2, 0) is 14.4 Å². The van der Waals surface area contributed by atoms with Gasteiger partial charge in [0.1, 0.15) is 5.92 Å². The molecule has 0 aromatic heterocycles. The van der Waals surface area contributed by atoms with Gasteiger partial charge in [-0.25, -0.2) is 9.96 Å². The van der Waals surface area contributed by atoms with Gasteiger partial charge in [-0.1, -0.05) is 60.1 Å². The van der Waals surface area contributed by atoms with Crippen molar-refractivity contribution in [1.29, 1.82) is 0 Å². The molecule has 5 nitrogen and oxygen atoms in total. The van der Waals surface area contributed by atoms with E-state index in [0.29, 0.717) is 10.7 Å². The highest BCUT2D eigenvalue weighted by Crippen LogP contribution is 2.48. The summed E-state index contributed by atoms with van der Waals surface area (Å²) in [6, 6.07) is 22.2. The molecule has 2 fully saturated rings. The lowest BCUT2D eigenvalue weighted by Crippen LogP contribution is -2.38. The van der Waals surface area contributed by atoms with Crippen LogP contribution in [0, 0.1) is 19.8 Å². The third kappa shape index (κ3) is 3.12. The molecular weight excluding hydrogens is 412 g/mol. The van der Waals surface area contributed by atoms with Crippen molar-refractivity contribution in [3.63, 3.8) is 0 Å². The number of halogens is 1. The zero-order chi connectivity index (χ0) is 21.7. The molecule has 0 N–H and O–H groups in total. The Bertz CT molecular complexity index is 1140. The maximum Gasteiger partial charge on any atom is 0.266 e. The normalized spacial score (nSPS) is 22.9. The summed E-state index contributed by atoms with van der Waals surface area (Å²) in [7, 11) is 0. The Balaban J connectivity index is 1.61. The van der Waals surface area contributed by atoms with Crippen LogP contribution in [-0.4, -0.2) is 17.9 Å². The van der Waals surface area contributed by atoms with E-state index in [9.17, 15) is 9.59 Å². The molecule has 0 spiro atoms. The van der Waals surface area contributed by atoms with Crippen molar-refractivity contribution in [2.24, 2.45) is 5.92 Å². The van der Waals surface area contributed by atoms with Gasteiger partial charge in [-0.15, -0.1) is 0 Å². The fraction of sp³-hybridized carbons (Fsp3) is 0.200. The molecule has 0 bridgehead atoms. The summed E-state index contributed by atoms with van der Waals surface area (Å²) in [5, 5.41) is 2.30. The molecule has 2 aliphatic heterocycles. The number of hydrogen-bond acceptors (Lipinski definition) is 4. The lowest BCUT2D eigenvalue weighted by atomic mass is 9.90. The second-order valence-corrected chi connectivity index (χ2v) is 8.40. The van der Waals surface area contributed by atoms with Crippen molar-refractivity contribution in [1.82, 2.24) is 0 Å². The number of para-hydroxylation sites is 2. The maximum absolute atomic E-state index is 13.7. The van der Waals surface area contributed by atoms with Crippen molar-refractivity contribution in [3.8, 4) is 0 Å². The van der Waals surface area contributed by atoms with Crippen molar-refractivity contribution in [2.75, 3.05) is 9.96 Å². The number of anilines is 2. The van der Waals surface area contributed by atoms with E-state index in [-0.39, 0.29) is 11.8 Å². The van der Waals surface area contributed by atoms with Crippen molar-refractivity contribution in [3.05, 3.63) is 94.5 Å². The zero-order valence-electron chi connectivity index (χ0n) is 17.2. The summed E-state index contributed by atoms with van der Waals surface area (Å²) >= 11 is 6.10. The second-order valence-electron chi connectivity index (χ2n) is 7.96. The summed E-state index contributed by atoms with van der Waals surface area (Å²) in [6.45, 7) is 3.82. The Morgan fingerprint density at radius 3 is 2.10 bits per heavy atom. The molecule has 0 saturated carbocycles. The van der Waals surface area contributed by atoms with Gasteiger partial charge in [0, 0.05) is 5.02 Å². The first-order valence-electron chi connectivity index (χ1n) is 10.2. The average molecular weight is 433 g/mol. The first-order chi connectivity index (χ1) is 15.0. The van der Waals surface area contributed by atoms with Crippen LogP contribution in [0.1, 0.15) is 22.7 Å². The zero-order valence-corrected chi connectivity index (χ0v) is 17.9. The van der Waals surface area contributed by atoms with E-state index in [1.54, 1.807) is 17.2 Å². The number of carbonyl (C=O) groups excluding carboxylic acids is 2. The Morgan fingerprint density at radius 2 is 1.45 bits per heavy atom. The predicted molar refractivity (Wildman–Crippen MR) is 120 cm³/mol. The van der Waals surface area contributed by atoms with Crippen LogP contribution in [0.5, 0.6) is 0 Å². The molecule has 0 unspecified atom stereocenters. The number of amides is 2. The molecule has 3 aromatic rings. The number of carbonyl (C=O) groups is 2. The number of aryl methyl sites for hydroxylation is 2. The minimum atomic E-state index is -0.882. The van der Waals surface area contributed by atoms with Gasteiger partial charge < -0.3 is 0 Å². The van der Waals surface area contributed by atoms with E-state index in [1.807, 2.05) is 74.5 Å². The van der Waals surface area contributed by atoms with Gasteiger partial charge in [0.2, 0.25) is 5.91 Å². The average Bonchev–Trinajstić information content (AvgIpc) is 3.27. The molecule has 3 aromatic carbocycles. The highest BCUT2D eigenvalue weighted by molar-refractivity contribution is 6.30. The molecular formula is C25H21ClN2O3. The number of imide groups is 1. The SMILES string of the molecule is Cc1cccc(C)c1N1C(=O)[C@H]2[C@H](ON(c3ccccc3)[C@H]2c2ccc(Cl)cc2)C1=O. The highest BCUT2D eigenvalue weighted by atomic mass is 35.5. The van der Waals surface area contributed by atoms with Gasteiger partial charge in [-0.3, -0.25) is 14.4 Å². The number of hydrogen-bond donors (Lipinski definition) is 0. The minimum Gasteiger partial charge on any atom is -0.273 e. The van der Waals surface area contributed by atoms with E-state index in [0.717, 1.165) is 22.4 Å². The third-order valence-corrected chi connectivity index (χ3v) is 6.25. The fourth-order valence-electron chi connectivity index (χ4n) is 4.59. The number of hydroxylamine groups is 1. The number of nitrogens with zero attached hydrogens (tertiary/aromatic N) is 2. The molecule has 5 rings (SSSR count). The monoisotopic (exact) mass is 432 g/mol. The van der Waals surface area contributed by atoms with Gasteiger partial charge in [-0.2, -0.15) is 0 Å². The number of rotatable bonds is 3. The summed E-state index contributed by atoms with van der Waals surface area (Å²) in [5.41, 5.74) is 4.06. The molecule has 2 heterocycles. The largest absolute Gasteiger partial charge is 0.273 e. The first kappa shape index (κ1) is 19.8. The summed E-state index contributed by atoms with van der Waals surface area (Å²) in [6.07, 6.45) is -0.882. The summed E-state index contributed by atoms with van der Waals surface area (Å²) < 4.78 is 0. The lowest BCUT2D eigenvalue weighted by Gasteiger charge is -2.29.